The predicted molar refractivity (Wildman–Crippen MR) is 75.9 cm³/mol. The summed E-state index contributed by atoms with van der Waals surface area (Å²) in [6, 6.07) is 3.39. The highest BCUT2D eigenvalue weighted by Gasteiger charge is 2.17. The summed E-state index contributed by atoms with van der Waals surface area (Å²) in [5.41, 5.74) is 7.02. The fourth-order valence-corrected chi connectivity index (χ4v) is 2.43. The minimum atomic E-state index is -0.0591. The number of likely N-dealkylation sites (tertiary alicyclic amines) is 1. The molecule has 1 amide bonds. The lowest BCUT2D eigenvalue weighted by atomic mass is 9.97. The van der Waals surface area contributed by atoms with Crippen molar-refractivity contribution in [2.45, 2.75) is 19.8 Å². The van der Waals surface area contributed by atoms with Crippen molar-refractivity contribution in [2.24, 2.45) is 5.92 Å². The van der Waals surface area contributed by atoms with Crippen molar-refractivity contribution in [3.63, 3.8) is 0 Å². The van der Waals surface area contributed by atoms with Gasteiger partial charge in [0.05, 0.1) is 0 Å². The third-order valence-corrected chi connectivity index (χ3v) is 3.62. The maximum absolute atomic E-state index is 12.1. The van der Waals surface area contributed by atoms with Crippen LogP contribution in [0.2, 0.25) is 0 Å². The third-order valence-electron chi connectivity index (χ3n) is 3.62. The van der Waals surface area contributed by atoms with E-state index in [0.717, 1.165) is 38.2 Å². The summed E-state index contributed by atoms with van der Waals surface area (Å²) in [5.74, 6) is 0.918. The van der Waals surface area contributed by atoms with Crippen LogP contribution >= 0.6 is 0 Å². The molecule has 0 atom stereocenters. The summed E-state index contributed by atoms with van der Waals surface area (Å²) >= 11 is 0. The summed E-state index contributed by atoms with van der Waals surface area (Å²) in [6.45, 7) is 4.81. The van der Waals surface area contributed by atoms with E-state index in [9.17, 15) is 4.79 Å². The highest BCUT2D eigenvalue weighted by atomic mass is 16.1. The molecule has 0 aromatic carbocycles. The number of hydrogen-bond donors (Lipinski definition) is 2. The number of nitrogens with two attached hydrogens (primary N) is 1. The number of aromatic nitrogens is 1. The SMILES string of the molecule is Cc1cc(C(=O)NCC2CCN(C)CC2)cc(N)n1. The standard InChI is InChI=1S/C14H22N4O/c1-10-7-12(8-13(15)17-10)14(19)16-9-11-3-5-18(2)6-4-11/h7-8,11H,3-6,9H2,1-2H3,(H2,15,17)(H,16,19). The van der Waals surface area contributed by atoms with Gasteiger partial charge in [0.15, 0.2) is 0 Å². The lowest BCUT2D eigenvalue weighted by molar-refractivity contribution is 0.0939. The zero-order valence-electron chi connectivity index (χ0n) is 11.6. The van der Waals surface area contributed by atoms with E-state index in [4.69, 9.17) is 5.73 Å². The van der Waals surface area contributed by atoms with Crippen LogP contribution in [0.25, 0.3) is 0 Å². The van der Waals surface area contributed by atoms with Crippen molar-refractivity contribution >= 4 is 11.7 Å². The Morgan fingerprint density at radius 3 is 2.79 bits per heavy atom. The molecule has 19 heavy (non-hydrogen) atoms. The fourth-order valence-electron chi connectivity index (χ4n) is 2.43. The van der Waals surface area contributed by atoms with Gasteiger partial charge in [-0.25, -0.2) is 4.98 Å². The topological polar surface area (TPSA) is 71.2 Å². The van der Waals surface area contributed by atoms with E-state index in [0.29, 0.717) is 17.3 Å². The van der Waals surface area contributed by atoms with Crippen molar-refractivity contribution in [2.75, 3.05) is 32.4 Å². The van der Waals surface area contributed by atoms with Crippen LogP contribution in [0.15, 0.2) is 12.1 Å². The molecule has 1 aliphatic rings. The summed E-state index contributed by atoms with van der Waals surface area (Å²) < 4.78 is 0. The number of nitrogens with zero attached hydrogens (tertiary/aromatic N) is 2. The summed E-state index contributed by atoms with van der Waals surface area (Å²) in [4.78, 5) is 18.4. The molecule has 5 heteroatoms. The molecule has 104 valence electrons. The number of nitrogen functional groups attached to an aromatic ring is 1. The molecule has 0 bridgehead atoms. The number of carbonyl (C=O) groups is 1. The zero-order chi connectivity index (χ0) is 13.8. The Bertz CT molecular complexity index is 433. The molecule has 3 N–H and O–H groups in total. The Morgan fingerprint density at radius 2 is 2.16 bits per heavy atom. The van der Waals surface area contributed by atoms with Gasteiger partial charge in [0, 0.05) is 17.8 Å². The zero-order valence-corrected chi connectivity index (χ0v) is 11.6. The lowest BCUT2D eigenvalue weighted by Gasteiger charge is -2.28. The van der Waals surface area contributed by atoms with Gasteiger partial charge in [-0.05, 0) is 58.0 Å². The van der Waals surface area contributed by atoms with Gasteiger partial charge in [0.25, 0.3) is 5.91 Å². The van der Waals surface area contributed by atoms with Gasteiger partial charge < -0.3 is 16.0 Å². The van der Waals surface area contributed by atoms with Crippen LogP contribution < -0.4 is 11.1 Å². The number of piperidine rings is 1. The van der Waals surface area contributed by atoms with Gasteiger partial charge in [-0.2, -0.15) is 0 Å². The second-order valence-electron chi connectivity index (χ2n) is 5.38. The van der Waals surface area contributed by atoms with Crippen LogP contribution in [-0.2, 0) is 0 Å². The first-order valence-corrected chi connectivity index (χ1v) is 6.75. The van der Waals surface area contributed by atoms with Gasteiger partial charge in [-0.3, -0.25) is 4.79 Å². The Hall–Kier alpha value is -1.62. The highest BCUT2D eigenvalue weighted by molar-refractivity contribution is 5.94. The molecule has 0 radical (unpaired) electrons. The molecule has 0 unspecified atom stereocenters. The number of anilines is 1. The summed E-state index contributed by atoms with van der Waals surface area (Å²) in [6.07, 6.45) is 2.29. The quantitative estimate of drug-likeness (QED) is 0.854. The minimum absolute atomic E-state index is 0.0591. The van der Waals surface area contributed by atoms with E-state index in [1.54, 1.807) is 12.1 Å². The molecule has 1 aromatic heterocycles. The van der Waals surface area contributed by atoms with Gasteiger partial charge in [-0.1, -0.05) is 0 Å². The molecular weight excluding hydrogens is 240 g/mol. The van der Waals surface area contributed by atoms with Crippen molar-refractivity contribution in [3.05, 3.63) is 23.4 Å². The molecular formula is C14H22N4O. The molecule has 0 saturated carbocycles. The molecule has 5 nitrogen and oxygen atoms in total. The van der Waals surface area contributed by atoms with Gasteiger partial charge in [0.1, 0.15) is 5.82 Å². The molecule has 0 spiro atoms. The van der Waals surface area contributed by atoms with Gasteiger partial charge in [-0.15, -0.1) is 0 Å². The van der Waals surface area contributed by atoms with Crippen LogP contribution in [0, 0.1) is 12.8 Å². The Morgan fingerprint density at radius 1 is 1.47 bits per heavy atom. The molecule has 0 aliphatic carbocycles. The van der Waals surface area contributed by atoms with Crippen LogP contribution in [0.3, 0.4) is 0 Å². The van der Waals surface area contributed by atoms with Crippen molar-refractivity contribution < 1.29 is 4.79 Å². The summed E-state index contributed by atoms with van der Waals surface area (Å²) in [5, 5.41) is 3.00. The van der Waals surface area contributed by atoms with Crippen LogP contribution in [0.5, 0.6) is 0 Å². The number of hydrogen-bond acceptors (Lipinski definition) is 4. The van der Waals surface area contributed by atoms with Crippen molar-refractivity contribution in [1.29, 1.82) is 0 Å². The average Bonchev–Trinajstić information content (AvgIpc) is 2.36. The fraction of sp³-hybridized carbons (Fsp3) is 0.571. The average molecular weight is 262 g/mol. The predicted octanol–water partition coefficient (Wildman–Crippen LogP) is 1.04. The minimum Gasteiger partial charge on any atom is -0.384 e. The first kappa shape index (κ1) is 13.8. The Labute approximate surface area is 114 Å². The van der Waals surface area contributed by atoms with Gasteiger partial charge >= 0.3 is 0 Å². The molecule has 1 aliphatic heterocycles. The number of rotatable bonds is 3. The van der Waals surface area contributed by atoms with Crippen LogP contribution in [-0.4, -0.2) is 42.5 Å². The van der Waals surface area contributed by atoms with Gasteiger partial charge in [0.2, 0.25) is 0 Å². The Balaban J connectivity index is 1.87. The normalized spacial score (nSPS) is 17.4. The van der Waals surface area contributed by atoms with Crippen LogP contribution in [0.1, 0.15) is 28.9 Å². The molecule has 2 heterocycles. The van der Waals surface area contributed by atoms with E-state index in [1.165, 1.54) is 0 Å². The third kappa shape index (κ3) is 3.92. The van der Waals surface area contributed by atoms with E-state index >= 15 is 0 Å². The largest absolute Gasteiger partial charge is 0.384 e. The Kier molecular flexibility index (Phi) is 4.37. The lowest BCUT2D eigenvalue weighted by Crippen LogP contribution is -2.36. The summed E-state index contributed by atoms with van der Waals surface area (Å²) in [7, 11) is 2.14. The number of aryl methyl sites for hydroxylation is 1. The number of carbonyl (C=O) groups excluding carboxylic acids is 1. The van der Waals surface area contributed by atoms with Crippen LogP contribution in [0.4, 0.5) is 5.82 Å². The first-order valence-electron chi connectivity index (χ1n) is 6.75. The van der Waals surface area contributed by atoms with Crippen molar-refractivity contribution in [1.82, 2.24) is 15.2 Å². The maximum Gasteiger partial charge on any atom is 0.251 e. The monoisotopic (exact) mass is 262 g/mol. The highest BCUT2D eigenvalue weighted by Crippen LogP contribution is 2.15. The molecule has 2 rings (SSSR count). The number of amides is 1. The second-order valence-corrected chi connectivity index (χ2v) is 5.38. The maximum atomic E-state index is 12.1. The second kappa shape index (κ2) is 6.02. The molecule has 1 saturated heterocycles. The van der Waals surface area contributed by atoms with E-state index in [-0.39, 0.29) is 5.91 Å². The van der Waals surface area contributed by atoms with E-state index in [1.807, 2.05) is 6.92 Å². The van der Waals surface area contributed by atoms with Crippen molar-refractivity contribution in [3.8, 4) is 0 Å². The smallest absolute Gasteiger partial charge is 0.251 e. The van der Waals surface area contributed by atoms with E-state index < -0.39 is 0 Å². The molecule has 1 aromatic rings. The number of pyridine rings is 1. The number of nitrogens with one attached hydrogen (secondary N) is 1. The van der Waals surface area contributed by atoms with E-state index in [2.05, 4.69) is 22.2 Å². The first-order chi connectivity index (χ1) is 9.04. The molecule has 1 fully saturated rings.